The molecule has 1 radical (unpaired) electrons. The van der Waals surface area contributed by atoms with Gasteiger partial charge in [0.25, 0.3) is 10.1 Å². The van der Waals surface area contributed by atoms with Gasteiger partial charge in [0.05, 0.1) is 12.4 Å². The van der Waals surface area contributed by atoms with E-state index in [1.54, 1.807) is 6.07 Å². The van der Waals surface area contributed by atoms with E-state index in [0.717, 1.165) is 5.56 Å². The van der Waals surface area contributed by atoms with E-state index in [2.05, 4.69) is 0 Å². The molecule has 0 fully saturated rings. The molecule has 0 aliphatic heterocycles. The summed E-state index contributed by atoms with van der Waals surface area (Å²) in [5.74, 6) is 0.448. The number of ether oxygens (including phenoxy) is 1. The Kier molecular flexibility index (Phi) is 8.09. The van der Waals surface area contributed by atoms with Crippen LogP contribution in [0.4, 0.5) is 0 Å². The van der Waals surface area contributed by atoms with Crippen LogP contribution in [0.25, 0.3) is 0 Å². The van der Waals surface area contributed by atoms with Gasteiger partial charge in [-0.15, -0.1) is 0 Å². The molecule has 1 N–H and O–H groups in total. The van der Waals surface area contributed by atoms with Gasteiger partial charge in [-0.2, -0.15) is 8.42 Å². The van der Waals surface area contributed by atoms with Gasteiger partial charge in [0.15, 0.2) is 0 Å². The number of hydrogen-bond acceptors (Lipinski definition) is 3. The Bertz CT molecular complexity index is 417. The van der Waals surface area contributed by atoms with Crippen molar-refractivity contribution in [2.45, 2.75) is 13.3 Å². The van der Waals surface area contributed by atoms with Crippen LogP contribution in [0, 0.1) is 6.92 Å². The molecule has 0 aliphatic carbocycles. The summed E-state index contributed by atoms with van der Waals surface area (Å²) in [6.45, 7) is 2.23. The van der Waals surface area contributed by atoms with E-state index >= 15 is 0 Å². The molecule has 6 heteroatoms. The standard InChI is InChI=1S/C10H14O4S.K/c1-9-4-2-5-10(8-9)14-6-3-7-15(11,12)13;/h2,4-5,8H,3,6-7H2,1H3,(H,11,12,13);. The zero-order chi connectivity index (χ0) is 11.3. The summed E-state index contributed by atoms with van der Waals surface area (Å²) in [6.07, 6.45) is 0.284. The van der Waals surface area contributed by atoms with Crippen molar-refractivity contribution in [2.24, 2.45) is 0 Å². The van der Waals surface area contributed by atoms with Gasteiger partial charge in [-0.25, -0.2) is 0 Å². The molecule has 16 heavy (non-hydrogen) atoms. The average Bonchev–Trinajstić information content (AvgIpc) is 2.11. The summed E-state index contributed by atoms with van der Waals surface area (Å²) >= 11 is 0. The van der Waals surface area contributed by atoms with Gasteiger partial charge < -0.3 is 4.74 Å². The summed E-state index contributed by atoms with van der Waals surface area (Å²) in [6, 6.07) is 7.49. The molecule has 1 aromatic rings. The molecule has 0 saturated carbocycles. The summed E-state index contributed by atoms with van der Waals surface area (Å²) in [5, 5.41) is 0. The average molecular weight is 269 g/mol. The first kappa shape index (κ1) is 16.6. The van der Waals surface area contributed by atoms with Crippen molar-refractivity contribution in [2.75, 3.05) is 12.4 Å². The Labute approximate surface area is 139 Å². The fourth-order valence-corrected chi connectivity index (χ4v) is 1.62. The van der Waals surface area contributed by atoms with E-state index in [4.69, 9.17) is 9.29 Å². The van der Waals surface area contributed by atoms with Crippen molar-refractivity contribution in [3.63, 3.8) is 0 Å². The maximum absolute atomic E-state index is 10.4. The van der Waals surface area contributed by atoms with Crippen LogP contribution in [-0.2, 0) is 10.1 Å². The zero-order valence-corrected chi connectivity index (χ0v) is 13.5. The van der Waals surface area contributed by atoms with Crippen LogP contribution in [0.15, 0.2) is 24.3 Å². The molecule has 0 aliphatic rings. The smallest absolute Gasteiger partial charge is 0.264 e. The topological polar surface area (TPSA) is 63.6 Å². The molecule has 0 atom stereocenters. The molecule has 0 bridgehead atoms. The van der Waals surface area contributed by atoms with E-state index in [1.807, 2.05) is 25.1 Å². The number of hydrogen-bond donors (Lipinski definition) is 1. The third-order valence-corrected chi connectivity index (χ3v) is 2.61. The van der Waals surface area contributed by atoms with Crippen LogP contribution >= 0.6 is 0 Å². The van der Waals surface area contributed by atoms with Crippen LogP contribution in [0.1, 0.15) is 12.0 Å². The third kappa shape index (κ3) is 7.78. The first-order valence-corrected chi connectivity index (χ1v) is 6.23. The van der Waals surface area contributed by atoms with Gasteiger partial charge in [-0.05, 0) is 31.0 Å². The fourth-order valence-electron chi connectivity index (χ4n) is 1.14. The second-order valence-electron chi connectivity index (χ2n) is 3.30. The summed E-state index contributed by atoms with van der Waals surface area (Å²) in [7, 11) is -3.87. The SMILES string of the molecule is Cc1cccc(OCCCS(=O)(=O)O)c1.[K]. The molecule has 0 heterocycles. The van der Waals surface area contributed by atoms with Gasteiger partial charge in [0.1, 0.15) is 5.75 Å². The van der Waals surface area contributed by atoms with Crippen LogP contribution in [0.5, 0.6) is 5.75 Å². The third-order valence-electron chi connectivity index (χ3n) is 1.80. The van der Waals surface area contributed by atoms with Crippen molar-refractivity contribution in [1.82, 2.24) is 0 Å². The van der Waals surface area contributed by atoms with E-state index in [9.17, 15) is 8.42 Å². The van der Waals surface area contributed by atoms with Crippen LogP contribution in [-0.4, -0.2) is 76.7 Å². The number of aryl methyl sites for hydroxylation is 1. The Balaban J connectivity index is 0.00000225. The molecule has 0 spiro atoms. The molecule has 0 saturated heterocycles. The minimum Gasteiger partial charge on any atom is -0.494 e. The number of benzene rings is 1. The Hall–Kier alpha value is 0.566. The van der Waals surface area contributed by atoms with Gasteiger partial charge in [0, 0.05) is 51.4 Å². The van der Waals surface area contributed by atoms with Crippen molar-refractivity contribution >= 4 is 61.5 Å². The minimum absolute atomic E-state index is 0. The van der Waals surface area contributed by atoms with E-state index < -0.39 is 10.1 Å². The fraction of sp³-hybridized carbons (Fsp3) is 0.400. The largest absolute Gasteiger partial charge is 0.494 e. The van der Waals surface area contributed by atoms with E-state index in [1.165, 1.54) is 0 Å². The first-order valence-electron chi connectivity index (χ1n) is 4.62. The van der Waals surface area contributed by atoms with Crippen molar-refractivity contribution in [1.29, 1.82) is 0 Å². The quantitative estimate of drug-likeness (QED) is 0.497. The monoisotopic (exact) mass is 269 g/mol. The van der Waals surface area contributed by atoms with Crippen LogP contribution < -0.4 is 4.74 Å². The minimum atomic E-state index is -3.87. The summed E-state index contributed by atoms with van der Waals surface area (Å²) in [5.41, 5.74) is 1.09. The van der Waals surface area contributed by atoms with Crippen molar-refractivity contribution in [3.05, 3.63) is 29.8 Å². The van der Waals surface area contributed by atoms with Gasteiger partial charge >= 0.3 is 0 Å². The zero-order valence-electron chi connectivity index (χ0n) is 9.51. The second kappa shape index (κ2) is 7.81. The van der Waals surface area contributed by atoms with Crippen LogP contribution in [0.3, 0.4) is 0 Å². The molecule has 0 amide bonds. The van der Waals surface area contributed by atoms with Gasteiger partial charge in [-0.3, -0.25) is 4.55 Å². The normalized spacial score (nSPS) is 10.6. The Morgan fingerprint density at radius 2 is 2.06 bits per heavy atom. The van der Waals surface area contributed by atoms with E-state index in [-0.39, 0.29) is 70.2 Å². The van der Waals surface area contributed by atoms with Crippen LogP contribution in [0.2, 0.25) is 0 Å². The molecule has 0 aromatic heterocycles. The van der Waals surface area contributed by atoms with Gasteiger partial charge in [-0.1, -0.05) is 12.1 Å². The molecule has 0 unspecified atom stereocenters. The number of rotatable bonds is 5. The summed E-state index contributed by atoms with van der Waals surface area (Å²) < 4.78 is 34.6. The molecule has 1 rings (SSSR count). The first-order chi connectivity index (χ1) is 6.97. The Morgan fingerprint density at radius 3 is 2.62 bits per heavy atom. The predicted molar refractivity (Wildman–Crippen MR) is 63.5 cm³/mol. The molecular formula is C10H14KO4S. The van der Waals surface area contributed by atoms with Gasteiger partial charge in [0.2, 0.25) is 0 Å². The maximum atomic E-state index is 10.4. The maximum Gasteiger partial charge on any atom is 0.264 e. The molecule has 4 nitrogen and oxygen atoms in total. The molecular weight excluding hydrogens is 255 g/mol. The van der Waals surface area contributed by atoms with E-state index in [0.29, 0.717) is 5.75 Å². The van der Waals surface area contributed by atoms with Crippen molar-refractivity contribution < 1.29 is 17.7 Å². The second-order valence-corrected chi connectivity index (χ2v) is 4.88. The summed E-state index contributed by atoms with van der Waals surface area (Å²) in [4.78, 5) is 0. The van der Waals surface area contributed by atoms with Crippen molar-refractivity contribution in [3.8, 4) is 5.75 Å². The molecule has 1 aromatic carbocycles. The molecule has 85 valence electrons. The predicted octanol–water partition coefficient (Wildman–Crippen LogP) is 1.27. The Morgan fingerprint density at radius 1 is 1.38 bits per heavy atom.